The molecule has 0 spiro atoms. The van der Waals surface area contributed by atoms with Crippen LogP contribution in [0.5, 0.6) is 0 Å². The number of nitrogens with two attached hydrogens (primary N) is 1. The van der Waals surface area contributed by atoms with E-state index in [0.717, 1.165) is 4.57 Å². The summed E-state index contributed by atoms with van der Waals surface area (Å²) in [6, 6.07) is 1.45. The molecule has 1 fully saturated rings. The van der Waals surface area contributed by atoms with Gasteiger partial charge in [-0.15, -0.1) is 0 Å². The molecular formula is C11H16FN3O3PW+. The summed E-state index contributed by atoms with van der Waals surface area (Å²) >= 11 is 1.37. The molecule has 0 aromatic carbocycles. The van der Waals surface area contributed by atoms with Crippen molar-refractivity contribution in [3.8, 4) is 0 Å². The normalized spacial score (nSPS) is 30.4. The van der Waals surface area contributed by atoms with Crippen LogP contribution >= 0.6 is 5.78 Å². The van der Waals surface area contributed by atoms with E-state index in [-0.39, 0.29) is 18.3 Å². The number of nitrogens with zero attached hydrogens (tertiary/aromatic N) is 2. The Bertz CT molecular complexity index is 580. The average molecular weight is 472 g/mol. The van der Waals surface area contributed by atoms with Crippen molar-refractivity contribution in [2.75, 3.05) is 19.0 Å². The van der Waals surface area contributed by atoms with Crippen LogP contribution in [-0.4, -0.2) is 34.6 Å². The van der Waals surface area contributed by atoms with E-state index in [1.807, 2.05) is 6.66 Å². The molecule has 0 bridgehead atoms. The SMILES string of the molecule is C[P+](=[W])OC[C@@H]1C[C@@](C)(F)[C@H](n2ccc(N)nc2=O)O1. The van der Waals surface area contributed by atoms with Crippen molar-refractivity contribution >= 4 is 11.6 Å². The fraction of sp³-hybridized carbons (Fsp3) is 0.636. The summed E-state index contributed by atoms with van der Waals surface area (Å²) in [6.07, 6.45) is 0.243. The summed E-state index contributed by atoms with van der Waals surface area (Å²) in [5.74, 6) is -0.336. The molecule has 0 saturated carbocycles. The number of nitrogen functional groups attached to an aromatic ring is 1. The first-order valence-corrected chi connectivity index (χ1v) is 11.6. The Labute approximate surface area is 127 Å². The van der Waals surface area contributed by atoms with E-state index in [4.69, 9.17) is 15.0 Å². The van der Waals surface area contributed by atoms with Crippen LogP contribution in [0.3, 0.4) is 0 Å². The number of aromatic nitrogens is 2. The van der Waals surface area contributed by atoms with Crippen LogP contribution in [0, 0.1) is 0 Å². The molecule has 4 atom stereocenters. The molecule has 1 saturated heterocycles. The van der Waals surface area contributed by atoms with Crippen LogP contribution in [0.1, 0.15) is 19.6 Å². The Morgan fingerprint density at radius 1 is 1.80 bits per heavy atom. The predicted octanol–water partition coefficient (Wildman–Crippen LogP) is 1.35. The molecule has 9 heteroatoms. The second-order valence-corrected chi connectivity index (χ2v) is 11.6. The Balaban J connectivity index is 2.19. The zero-order valence-corrected chi connectivity index (χ0v) is 15.0. The van der Waals surface area contributed by atoms with Crippen LogP contribution in [0.25, 0.3) is 0 Å². The molecule has 1 unspecified atom stereocenters. The Morgan fingerprint density at radius 2 is 2.50 bits per heavy atom. The van der Waals surface area contributed by atoms with Gasteiger partial charge in [0.05, 0.1) is 0 Å². The number of hydrogen-bond donors (Lipinski definition) is 1. The molecule has 2 N–H and O–H groups in total. The van der Waals surface area contributed by atoms with Crippen molar-refractivity contribution in [3.05, 3.63) is 22.7 Å². The summed E-state index contributed by atoms with van der Waals surface area (Å²) in [6.45, 7) is 3.77. The summed E-state index contributed by atoms with van der Waals surface area (Å²) < 4.78 is 26.9. The van der Waals surface area contributed by atoms with Gasteiger partial charge in [-0.1, -0.05) is 0 Å². The molecule has 2 rings (SSSR count). The second kappa shape index (κ2) is 6.10. The van der Waals surface area contributed by atoms with Crippen molar-refractivity contribution in [3.63, 3.8) is 0 Å². The van der Waals surface area contributed by atoms with E-state index < -0.39 is 23.4 Å². The van der Waals surface area contributed by atoms with Crippen LogP contribution in [-0.2, 0) is 28.1 Å². The zero-order chi connectivity index (χ0) is 14.9. The maximum atomic E-state index is 14.6. The Hall–Kier alpha value is -0.482. The molecule has 1 aliphatic heterocycles. The van der Waals surface area contributed by atoms with E-state index in [9.17, 15) is 9.18 Å². The van der Waals surface area contributed by atoms with Gasteiger partial charge in [-0.25, -0.2) is 0 Å². The summed E-state index contributed by atoms with van der Waals surface area (Å²) in [5, 5.41) is 0. The first-order chi connectivity index (χ1) is 9.29. The van der Waals surface area contributed by atoms with Crippen LogP contribution < -0.4 is 11.4 Å². The van der Waals surface area contributed by atoms with E-state index in [1.165, 1.54) is 38.0 Å². The predicted molar refractivity (Wildman–Crippen MR) is 69.7 cm³/mol. The molecule has 110 valence electrons. The fourth-order valence-electron chi connectivity index (χ4n) is 2.16. The molecule has 6 nitrogen and oxygen atoms in total. The molecular weight excluding hydrogens is 456 g/mol. The number of halogens is 1. The van der Waals surface area contributed by atoms with Crippen molar-refractivity contribution < 1.29 is 32.5 Å². The summed E-state index contributed by atoms with van der Waals surface area (Å²) in [5.41, 5.74) is 3.17. The number of hydrogen-bond acceptors (Lipinski definition) is 5. The quantitative estimate of drug-likeness (QED) is 0.670. The number of alkyl halides is 1. The van der Waals surface area contributed by atoms with Crippen molar-refractivity contribution in [2.45, 2.75) is 31.3 Å². The Kier molecular flexibility index (Phi) is 4.85. The second-order valence-electron chi connectivity index (χ2n) is 4.87. The third kappa shape index (κ3) is 3.58. The van der Waals surface area contributed by atoms with E-state index in [0.29, 0.717) is 6.61 Å². The summed E-state index contributed by atoms with van der Waals surface area (Å²) in [7, 11) is 0. The number of rotatable bonds is 4. The van der Waals surface area contributed by atoms with Gasteiger partial charge < -0.3 is 0 Å². The van der Waals surface area contributed by atoms with Crippen LogP contribution in [0.4, 0.5) is 10.2 Å². The number of anilines is 1. The van der Waals surface area contributed by atoms with Crippen molar-refractivity contribution in [2.24, 2.45) is 0 Å². The topological polar surface area (TPSA) is 79.4 Å². The zero-order valence-electron chi connectivity index (χ0n) is 11.2. The first-order valence-electron chi connectivity index (χ1n) is 6.02. The molecule has 0 aliphatic carbocycles. The molecule has 0 amide bonds. The van der Waals surface area contributed by atoms with Gasteiger partial charge in [0.15, 0.2) is 0 Å². The maximum absolute atomic E-state index is 14.6. The van der Waals surface area contributed by atoms with Gasteiger partial charge in [-0.3, -0.25) is 0 Å². The minimum absolute atomic E-state index is 0.107. The van der Waals surface area contributed by atoms with Gasteiger partial charge in [-0.2, -0.15) is 0 Å². The molecule has 20 heavy (non-hydrogen) atoms. The molecule has 0 radical (unpaired) electrons. The van der Waals surface area contributed by atoms with Crippen molar-refractivity contribution in [1.82, 2.24) is 9.55 Å². The minimum atomic E-state index is -1.65. The summed E-state index contributed by atoms with van der Waals surface area (Å²) in [4.78, 5) is 15.4. The third-order valence-corrected chi connectivity index (χ3v) is 4.66. The van der Waals surface area contributed by atoms with Gasteiger partial charge in [0.1, 0.15) is 0 Å². The van der Waals surface area contributed by atoms with Gasteiger partial charge in [0, 0.05) is 0 Å². The van der Waals surface area contributed by atoms with E-state index in [2.05, 4.69) is 4.98 Å². The molecule has 1 aliphatic rings. The average Bonchev–Trinajstić information content (AvgIpc) is 2.62. The third-order valence-electron chi connectivity index (χ3n) is 3.01. The molecule has 1 aromatic heterocycles. The fourth-order valence-corrected chi connectivity index (χ4v) is 3.20. The molecule has 2 heterocycles. The van der Waals surface area contributed by atoms with Crippen LogP contribution in [0.2, 0.25) is 0 Å². The first kappa shape index (κ1) is 15.9. The van der Waals surface area contributed by atoms with Gasteiger partial charge in [-0.05, 0) is 0 Å². The van der Waals surface area contributed by atoms with E-state index in [1.54, 1.807) is 0 Å². The van der Waals surface area contributed by atoms with Crippen LogP contribution in [0.15, 0.2) is 17.1 Å². The standard InChI is InChI=1S/C11H16FN3O3P.W/c1-11(12)5-7(6-17-19-2)18-9(11)15-4-3-8(13)14-10(15)16;/h3-4,7,9H,5-6H2,1-2H3,(H2,13,14,16);/q-1;+2/t7-,9+,11+;/m0./s1. The van der Waals surface area contributed by atoms with Crippen molar-refractivity contribution in [1.29, 1.82) is 0 Å². The molecule has 1 aromatic rings. The Morgan fingerprint density at radius 3 is 3.10 bits per heavy atom. The monoisotopic (exact) mass is 472 g/mol. The number of ether oxygens (including phenoxy) is 1. The van der Waals surface area contributed by atoms with Gasteiger partial charge >= 0.3 is 127 Å². The van der Waals surface area contributed by atoms with E-state index >= 15 is 0 Å². The van der Waals surface area contributed by atoms with Gasteiger partial charge in [0.2, 0.25) is 0 Å². The van der Waals surface area contributed by atoms with Gasteiger partial charge in [0.25, 0.3) is 0 Å².